The summed E-state index contributed by atoms with van der Waals surface area (Å²) in [5, 5.41) is 6.84. The summed E-state index contributed by atoms with van der Waals surface area (Å²) in [5.41, 5.74) is 3.42. The van der Waals surface area contributed by atoms with Crippen molar-refractivity contribution in [1.29, 1.82) is 0 Å². The Kier molecular flexibility index (Phi) is 7.43. The third-order valence-corrected chi connectivity index (χ3v) is 8.24. The molecule has 28 heavy (non-hydrogen) atoms. The fraction of sp³-hybridized carbons (Fsp3) is 0.773. The monoisotopic (exact) mass is 403 g/mol. The molecule has 2 aliphatic rings. The predicted molar refractivity (Wildman–Crippen MR) is 123 cm³/mol. The molecule has 4 nitrogen and oxygen atoms in total. The van der Waals surface area contributed by atoms with Crippen molar-refractivity contribution in [1.82, 2.24) is 5.01 Å². The van der Waals surface area contributed by atoms with Crippen molar-refractivity contribution in [3.63, 3.8) is 0 Å². The fourth-order valence-corrected chi connectivity index (χ4v) is 3.95. The lowest BCUT2D eigenvalue weighted by Gasteiger charge is -2.41. The molecule has 0 saturated carbocycles. The summed E-state index contributed by atoms with van der Waals surface area (Å²) in [5.74, 6) is 0. The predicted octanol–water partition coefficient (Wildman–Crippen LogP) is 5.42. The first-order chi connectivity index (χ1) is 12.9. The Bertz CT molecular complexity index is 647. The van der Waals surface area contributed by atoms with E-state index < -0.39 is 8.07 Å². The Labute approximate surface area is 174 Å². The van der Waals surface area contributed by atoms with Crippen LogP contribution in [0.4, 0.5) is 0 Å². The molecule has 0 bridgehead atoms. The van der Waals surface area contributed by atoms with Crippen LogP contribution in [0.1, 0.15) is 54.4 Å². The third-order valence-electron chi connectivity index (χ3n) is 6.54. The van der Waals surface area contributed by atoms with Gasteiger partial charge in [-0.15, -0.1) is 0 Å². The van der Waals surface area contributed by atoms with Gasteiger partial charge in [0.25, 0.3) is 0 Å². The van der Waals surface area contributed by atoms with Gasteiger partial charge in [0.1, 0.15) is 6.73 Å². The first-order valence-electron chi connectivity index (χ1n) is 10.7. The Balaban J connectivity index is 1.91. The molecule has 0 amide bonds. The van der Waals surface area contributed by atoms with E-state index in [2.05, 4.69) is 78.3 Å². The number of hydrogen-bond donors (Lipinski definition) is 0. The van der Waals surface area contributed by atoms with Gasteiger partial charge in [-0.2, -0.15) is 5.10 Å². The molecule has 0 spiro atoms. The van der Waals surface area contributed by atoms with Crippen molar-refractivity contribution in [3.8, 4) is 0 Å². The molecule has 1 heterocycles. The normalized spacial score (nSPS) is 20.5. The van der Waals surface area contributed by atoms with E-state index in [9.17, 15) is 0 Å². The number of ether oxygens (including phenoxy) is 1. The first kappa shape index (κ1) is 23.4. The van der Waals surface area contributed by atoms with Crippen LogP contribution in [0.5, 0.6) is 0 Å². The smallest absolute Gasteiger partial charge is 0.330 e. The van der Waals surface area contributed by atoms with Gasteiger partial charge in [-0.3, -0.25) is 5.01 Å². The second-order valence-electron chi connectivity index (χ2n) is 10.5. The molecule has 1 atom stereocenters. The van der Waals surface area contributed by atoms with Crippen LogP contribution in [0.15, 0.2) is 28.3 Å². The summed E-state index contributed by atoms with van der Waals surface area (Å²) in [6.45, 7) is 21.7. The maximum absolute atomic E-state index is 6.23. The molecule has 0 aromatic carbocycles. The zero-order valence-electron chi connectivity index (χ0n) is 19.6. The van der Waals surface area contributed by atoms with Crippen molar-refractivity contribution in [2.24, 2.45) is 10.5 Å². The van der Waals surface area contributed by atoms with E-state index in [1.165, 1.54) is 11.6 Å². The summed E-state index contributed by atoms with van der Waals surface area (Å²) in [6, 6.07) is 1.49. The highest BCUT2D eigenvalue weighted by atomic mass is 28.3. The van der Waals surface area contributed by atoms with E-state index in [0.717, 1.165) is 30.6 Å². The summed E-state index contributed by atoms with van der Waals surface area (Å²) in [6.07, 6.45) is 6.50. The third kappa shape index (κ3) is 5.83. The van der Waals surface area contributed by atoms with Crippen molar-refractivity contribution in [2.45, 2.75) is 91.7 Å². The average molecular weight is 403 g/mol. The molecule has 1 unspecified atom stereocenters. The number of hydrazone groups is 1. The second kappa shape index (κ2) is 8.88. The molecular weight excluding hydrogens is 363 g/mol. The van der Waals surface area contributed by atoms with Crippen LogP contribution >= 0.6 is 0 Å². The average Bonchev–Trinajstić information content (AvgIpc) is 2.91. The van der Waals surface area contributed by atoms with E-state index in [0.29, 0.717) is 12.8 Å². The topological polar surface area (TPSA) is 34.1 Å². The minimum atomic E-state index is -1.05. The molecule has 0 aromatic heterocycles. The minimum Gasteiger partial charge on any atom is -0.429 e. The Morgan fingerprint density at radius 3 is 2.54 bits per heavy atom. The van der Waals surface area contributed by atoms with Crippen molar-refractivity contribution in [2.75, 3.05) is 13.3 Å². The number of nitrogens with zero attached hydrogens (tertiary/aromatic N) is 2. The molecular formula is C22H40BN2O2Si. The molecule has 0 saturated heterocycles. The summed E-state index contributed by atoms with van der Waals surface area (Å²) in [7, 11) is 0.881. The molecule has 2 rings (SSSR count). The van der Waals surface area contributed by atoms with Gasteiger partial charge in [0.05, 0.1) is 17.4 Å². The van der Waals surface area contributed by atoms with Gasteiger partial charge in [-0.1, -0.05) is 58.0 Å². The van der Waals surface area contributed by atoms with Gasteiger partial charge in [-0.25, -0.2) is 0 Å². The van der Waals surface area contributed by atoms with Gasteiger partial charge >= 0.3 is 7.48 Å². The van der Waals surface area contributed by atoms with Gasteiger partial charge in [0.15, 0.2) is 0 Å². The molecule has 1 aliphatic carbocycles. The number of allylic oxidation sites excluding steroid dienone is 2. The Hall–Kier alpha value is -0.848. The summed E-state index contributed by atoms with van der Waals surface area (Å²) >= 11 is 0. The second-order valence-corrected chi connectivity index (χ2v) is 16.1. The van der Waals surface area contributed by atoms with Crippen LogP contribution in [-0.4, -0.2) is 51.3 Å². The van der Waals surface area contributed by atoms with Gasteiger partial charge in [0, 0.05) is 14.7 Å². The fourth-order valence-electron chi connectivity index (χ4n) is 3.20. The molecule has 1 aliphatic heterocycles. The first-order valence-corrected chi connectivity index (χ1v) is 14.4. The number of fused-ring (bicyclic) bond motifs is 1. The number of rotatable bonds is 10. The van der Waals surface area contributed by atoms with E-state index in [4.69, 9.17) is 14.5 Å². The lowest BCUT2D eigenvalue weighted by molar-refractivity contribution is -0.00986. The maximum Gasteiger partial charge on any atom is 0.330 e. The lowest BCUT2D eigenvalue weighted by atomic mass is 9.72. The Morgan fingerprint density at radius 1 is 1.25 bits per heavy atom. The molecule has 0 fully saturated rings. The van der Waals surface area contributed by atoms with E-state index in [1.807, 2.05) is 7.48 Å². The van der Waals surface area contributed by atoms with E-state index >= 15 is 0 Å². The zero-order valence-corrected chi connectivity index (χ0v) is 20.6. The van der Waals surface area contributed by atoms with Crippen molar-refractivity contribution < 1.29 is 9.39 Å². The van der Waals surface area contributed by atoms with E-state index in [-0.39, 0.29) is 11.0 Å². The van der Waals surface area contributed by atoms with Crippen LogP contribution in [0.25, 0.3) is 0 Å². The SMILES string of the molecule is CCC(C)(C)C(C)(C)O[B]C1=CCC2C(=C1)C(C)=NN2COCC[Si](C)(C)C. The highest BCUT2D eigenvalue weighted by Gasteiger charge is 2.37. The van der Waals surface area contributed by atoms with Crippen LogP contribution < -0.4 is 0 Å². The quantitative estimate of drug-likeness (QED) is 0.361. The van der Waals surface area contributed by atoms with Crippen molar-refractivity contribution in [3.05, 3.63) is 23.2 Å². The zero-order chi connectivity index (χ0) is 21.2. The van der Waals surface area contributed by atoms with Crippen LogP contribution in [-0.2, 0) is 9.39 Å². The Morgan fingerprint density at radius 2 is 1.93 bits per heavy atom. The molecule has 1 radical (unpaired) electrons. The standard InChI is InChI=1S/C22H40BN2O2Si/c1-10-21(3,4)22(5,6)27-23-18-11-12-20-19(15-18)17(2)24-25(20)16-26-13-14-28(7,8)9/h11,15,20H,10,12-14,16H2,1-9H3. The maximum atomic E-state index is 6.23. The summed E-state index contributed by atoms with van der Waals surface area (Å²) < 4.78 is 12.2. The largest absolute Gasteiger partial charge is 0.429 e. The molecule has 6 heteroatoms. The molecule has 157 valence electrons. The van der Waals surface area contributed by atoms with Gasteiger partial charge in [0.2, 0.25) is 0 Å². The van der Waals surface area contributed by atoms with Crippen LogP contribution in [0.3, 0.4) is 0 Å². The van der Waals surface area contributed by atoms with Gasteiger partial charge < -0.3 is 9.39 Å². The highest BCUT2D eigenvalue weighted by Crippen LogP contribution is 2.37. The molecule has 0 aromatic rings. The lowest BCUT2D eigenvalue weighted by Crippen LogP contribution is -2.42. The molecule has 0 N–H and O–H groups in total. The van der Waals surface area contributed by atoms with Gasteiger partial charge in [-0.05, 0) is 50.6 Å². The minimum absolute atomic E-state index is 0.114. The number of hydrogen-bond acceptors (Lipinski definition) is 4. The van der Waals surface area contributed by atoms with Crippen molar-refractivity contribution >= 4 is 21.3 Å². The highest BCUT2D eigenvalue weighted by molar-refractivity contribution is 6.76. The van der Waals surface area contributed by atoms with Crippen LogP contribution in [0.2, 0.25) is 25.7 Å². The summed E-state index contributed by atoms with van der Waals surface area (Å²) in [4.78, 5) is 0. The van der Waals surface area contributed by atoms with Crippen LogP contribution in [0, 0.1) is 5.41 Å². The van der Waals surface area contributed by atoms with E-state index in [1.54, 1.807) is 0 Å².